The molecule has 5 heteroatoms. The molecule has 2 aromatic rings. The van der Waals surface area contributed by atoms with Gasteiger partial charge in [0.2, 0.25) is 0 Å². The third-order valence-corrected chi connectivity index (χ3v) is 4.32. The molecule has 0 aliphatic heterocycles. The summed E-state index contributed by atoms with van der Waals surface area (Å²) in [5, 5.41) is 21.2. The van der Waals surface area contributed by atoms with Gasteiger partial charge in [0, 0.05) is 17.5 Å². The minimum Gasteiger partial charge on any atom is -0.388 e. The second-order valence-electron chi connectivity index (χ2n) is 5.99. The van der Waals surface area contributed by atoms with Crippen LogP contribution in [0.5, 0.6) is 0 Å². The number of nitrogens with one attached hydrogen (secondary N) is 2. The molecular formula is C16H21N3O2. The standard InChI is InChI=1S/C16H21N3O2/c20-15(12-5-6-13-10-18-19-14(13)9-12)17-11-16(21)7-3-1-2-4-8-16/h5-6,9-10,21H,1-4,7-8,11H2,(H,17,20)(H,18,19). The molecule has 0 unspecified atom stereocenters. The van der Waals surface area contributed by atoms with Gasteiger partial charge in [-0.3, -0.25) is 9.89 Å². The van der Waals surface area contributed by atoms with Crippen molar-refractivity contribution in [2.24, 2.45) is 0 Å². The van der Waals surface area contributed by atoms with Gasteiger partial charge in [0.1, 0.15) is 0 Å². The van der Waals surface area contributed by atoms with Gasteiger partial charge in [0.25, 0.3) is 5.91 Å². The number of fused-ring (bicyclic) bond motifs is 1. The number of aromatic amines is 1. The molecule has 5 nitrogen and oxygen atoms in total. The molecule has 1 aliphatic rings. The van der Waals surface area contributed by atoms with E-state index in [9.17, 15) is 9.90 Å². The highest BCUT2D eigenvalue weighted by Crippen LogP contribution is 2.26. The number of amides is 1. The van der Waals surface area contributed by atoms with Crippen LogP contribution in [-0.4, -0.2) is 33.4 Å². The molecule has 1 saturated carbocycles. The van der Waals surface area contributed by atoms with Gasteiger partial charge in [0.05, 0.1) is 17.3 Å². The molecule has 1 heterocycles. The van der Waals surface area contributed by atoms with Crippen LogP contribution in [-0.2, 0) is 0 Å². The number of aromatic nitrogens is 2. The lowest BCUT2D eigenvalue weighted by Crippen LogP contribution is -2.42. The van der Waals surface area contributed by atoms with Gasteiger partial charge in [0.15, 0.2) is 0 Å². The van der Waals surface area contributed by atoms with E-state index in [4.69, 9.17) is 0 Å². The van der Waals surface area contributed by atoms with Crippen LogP contribution in [0.2, 0.25) is 0 Å². The van der Waals surface area contributed by atoms with Gasteiger partial charge in [-0.1, -0.05) is 31.7 Å². The van der Waals surface area contributed by atoms with E-state index in [0.29, 0.717) is 12.1 Å². The number of aliphatic hydroxyl groups is 1. The molecule has 1 aliphatic carbocycles. The van der Waals surface area contributed by atoms with Crippen molar-refractivity contribution >= 4 is 16.8 Å². The maximum Gasteiger partial charge on any atom is 0.251 e. The van der Waals surface area contributed by atoms with E-state index < -0.39 is 5.60 Å². The van der Waals surface area contributed by atoms with Crippen LogP contribution < -0.4 is 5.32 Å². The molecule has 3 rings (SSSR count). The number of carbonyl (C=O) groups is 1. The number of H-pyrrole nitrogens is 1. The van der Waals surface area contributed by atoms with Crippen molar-refractivity contribution < 1.29 is 9.90 Å². The fourth-order valence-electron chi connectivity index (χ4n) is 2.99. The normalized spacial score (nSPS) is 18.3. The Balaban J connectivity index is 1.65. The molecule has 1 fully saturated rings. The zero-order valence-corrected chi connectivity index (χ0v) is 12.1. The number of benzene rings is 1. The Kier molecular flexibility index (Phi) is 3.92. The van der Waals surface area contributed by atoms with E-state index in [-0.39, 0.29) is 5.91 Å². The topological polar surface area (TPSA) is 78.0 Å². The first-order valence-electron chi connectivity index (χ1n) is 7.60. The molecule has 112 valence electrons. The first-order valence-corrected chi connectivity index (χ1v) is 7.60. The number of hydrogen-bond donors (Lipinski definition) is 3. The summed E-state index contributed by atoms with van der Waals surface area (Å²) in [4.78, 5) is 12.2. The minimum absolute atomic E-state index is 0.149. The summed E-state index contributed by atoms with van der Waals surface area (Å²) < 4.78 is 0. The second kappa shape index (κ2) is 5.85. The van der Waals surface area contributed by atoms with E-state index in [1.54, 1.807) is 18.3 Å². The quantitative estimate of drug-likeness (QED) is 0.758. The zero-order valence-electron chi connectivity index (χ0n) is 12.1. The summed E-state index contributed by atoms with van der Waals surface area (Å²) in [6.45, 7) is 0.326. The second-order valence-corrected chi connectivity index (χ2v) is 5.99. The summed E-state index contributed by atoms with van der Waals surface area (Å²) in [5.41, 5.74) is 0.685. The lowest BCUT2D eigenvalue weighted by molar-refractivity contribution is 0.0246. The predicted molar refractivity (Wildman–Crippen MR) is 81.1 cm³/mol. The number of carbonyl (C=O) groups excluding carboxylic acids is 1. The third kappa shape index (κ3) is 3.24. The number of hydrogen-bond acceptors (Lipinski definition) is 3. The summed E-state index contributed by atoms with van der Waals surface area (Å²) in [5.74, 6) is -0.149. The Morgan fingerprint density at radius 3 is 2.81 bits per heavy atom. The van der Waals surface area contributed by atoms with Crippen LogP contribution in [0.1, 0.15) is 48.9 Å². The van der Waals surface area contributed by atoms with Crippen LogP contribution in [0.3, 0.4) is 0 Å². The molecular weight excluding hydrogens is 266 g/mol. The molecule has 1 aromatic heterocycles. The maximum atomic E-state index is 12.2. The van der Waals surface area contributed by atoms with Crippen molar-refractivity contribution in [2.75, 3.05) is 6.54 Å². The lowest BCUT2D eigenvalue weighted by atomic mass is 9.94. The molecule has 0 radical (unpaired) electrons. The van der Waals surface area contributed by atoms with Crippen LogP contribution in [0, 0.1) is 0 Å². The predicted octanol–water partition coefficient (Wildman–Crippen LogP) is 2.38. The summed E-state index contributed by atoms with van der Waals surface area (Å²) >= 11 is 0. The molecule has 1 aromatic carbocycles. The van der Waals surface area contributed by atoms with Crippen molar-refractivity contribution in [3.63, 3.8) is 0 Å². The third-order valence-electron chi connectivity index (χ3n) is 4.32. The monoisotopic (exact) mass is 287 g/mol. The average Bonchev–Trinajstić information content (AvgIpc) is 2.85. The van der Waals surface area contributed by atoms with Crippen molar-refractivity contribution in [3.05, 3.63) is 30.0 Å². The van der Waals surface area contributed by atoms with Gasteiger partial charge in [-0.05, 0) is 25.0 Å². The molecule has 3 N–H and O–H groups in total. The summed E-state index contributed by atoms with van der Waals surface area (Å²) in [6.07, 6.45) is 7.68. The molecule has 0 atom stereocenters. The van der Waals surface area contributed by atoms with E-state index >= 15 is 0 Å². The average molecular weight is 287 g/mol. The SMILES string of the molecule is O=C(NCC1(O)CCCCCC1)c1ccc2cn[nH]c2c1. The molecule has 0 bridgehead atoms. The first kappa shape index (κ1) is 14.1. The van der Waals surface area contributed by atoms with Gasteiger partial charge < -0.3 is 10.4 Å². The maximum absolute atomic E-state index is 12.2. The van der Waals surface area contributed by atoms with Gasteiger partial charge in [-0.25, -0.2) is 0 Å². The lowest BCUT2D eigenvalue weighted by Gasteiger charge is -2.26. The number of nitrogens with zero attached hydrogens (tertiary/aromatic N) is 1. The van der Waals surface area contributed by atoms with Crippen molar-refractivity contribution in [3.8, 4) is 0 Å². The summed E-state index contributed by atoms with van der Waals surface area (Å²) in [6, 6.07) is 5.44. The van der Waals surface area contributed by atoms with Crippen molar-refractivity contribution in [1.29, 1.82) is 0 Å². The van der Waals surface area contributed by atoms with Crippen molar-refractivity contribution in [2.45, 2.75) is 44.1 Å². The van der Waals surface area contributed by atoms with E-state index in [1.165, 1.54) is 12.8 Å². The van der Waals surface area contributed by atoms with Gasteiger partial charge in [-0.2, -0.15) is 5.10 Å². The Labute approximate surface area is 123 Å². The summed E-state index contributed by atoms with van der Waals surface area (Å²) in [7, 11) is 0. The van der Waals surface area contributed by atoms with Crippen LogP contribution >= 0.6 is 0 Å². The molecule has 0 spiro atoms. The highest BCUT2D eigenvalue weighted by Gasteiger charge is 2.28. The first-order chi connectivity index (χ1) is 10.2. The van der Waals surface area contributed by atoms with Crippen LogP contribution in [0.4, 0.5) is 0 Å². The molecule has 21 heavy (non-hydrogen) atoms. The molecule has 1 amide bonds. The Hall–Kier alpha value is -1.88. The Morgan fingerprint density at radius 2 is 2.05 bits per heavy atom. The van der Waals surface area contributed by atoms with E-state index in [0.717, 1.165) is 36.6 Å². The highest BCUT2D eigenvalue weighted by molar-refractivity contribution is 5.97. The highest BCUT2D eigenvalue weighted by atomic mass is 16.3. The Morgan fingerprint density at radius 1 is 1.29 bits per heavy atom. The van der Waals surface area contributed by atoms with E-state index in [2.05, 4.69) is 15.5 Å². The largest absolute Gasteiger partial charge is 0.388 e. The fourth-order valence-corrected chi connectivity index (χ4v) is 2.99. The van der Waals surface area contributed by atoms with E-state index in [1.807, 2.05) is 6.07 Å². The van der Waals surface area contributed by atoms with Crippen molar-refractivity contribution in [1.82, 2.24) is 15.5 Å². The molecule has 0 saturated heterocycles. The smallest absolute Gasteiger partial charge is 0.251 e. The zero-order chi connectivity index (χ0) is 14.7. The number of rotatable bonds is 3. The fraction of sp³-hybridized carbons (Fsp3) is 0.500. The Bertz CT molecular complexity index is 627. The van der Waals surface area contributed by atoms with Crippen LogP contribution in [0.15, 0.2) is 24.4 Å². The van der Waals surface area contributed by atoms with Gasteiger partial charge in [-0.15, -0.1) is 0 Å². The van der Waals surface area contributed by atoms with Gasteiger partial charge >= 0.3 is 0 Å². The minimum atomic E-state index is -0.746. The van der Waals surface area contributed by atoms with Crippen LogP contribution in [0.25, 0.3) is 10.9 Å².